The Morgan fingerprint density at radius 2 is 2.19 bits per heavy atom. The van der Waals surface area contributed by atoms with E-state index in [1.54, 1.807) is 12.3 Å². The van der Waals surface area contributed by atoms with Gasteiger partial charge in [0.1, 0.15) is 18.1 Å². The number of aromatic nitrogens is 1. The first-order valence-electron chi connectivity index (χ1n) is 9.23. The number of hydrogen-bond donors (Lipinski definition) is 2. The Bertz CT molecular complexity index is 744. The Labute approximate surface area is 168 Å². The van der Waals surface area contributed by atoms with E-state index in [4.69, 9.17) is 9.47 Å². The highest BCUT2D eigenvalue weighted by Crippen LogP contribution is 2.16. The predicted molar refractivity (Wildman–Crippen MR) is 108 cm³/mol. The summed E-state index contributed by atoms with van der Waals surface area (Å²) in [6.45, 7) is 3.67. The molecule has 0 bridgehead atoms. The summed E-state index contributed by atoms with van der Waals surface area (Å²) in [5.74, 6) is 0.690. The summed E-state index contributed by atoms with van der Waals surface area (Å²) in [7, 11) is 2.14. The van der Waals surface area contributed by atoms with E-state index in [9.17, 15) is 4.79 Å². The number of ether oxygens (including phenoxy) is 2. The number of nitrogens with zero attached hydrogens (tertiary/aromatic N) is 1. The molecule has 0 radical (unpaired) electrons. The molecule has 1 fully saturated rings. The zero-order valence-corrected chi connectivity index (χ0v) is 17.1. The van der Waals surface area contributed by atoms with Crippen molar-refractivity contribution in [2.24, 2.45) is 0 Å². The number of rotatable bonds is 8. The van der Waals surface area contributed by atoms with Gasteiger partial charge in [0.05, 0.1) is 0 Å². The molecular formula is C20H26BrN3O3. The number of halogens is 1. The van der Waals surface area contributed by atoms with Crippen molar-refractivity contribution in [1.29, 1.82) is 0 Å². The van der Waals surface area contributed by atoms with Crippen LogP contribution in [0.15, 0.2) is 41.0 Å². The lowest BCUT2D eigenvalue weighted by molar-refractivity contribution is 0.0392. The van der Waals surface area contributed by atoms with Crippen molar-refractivity contribution < 1.29 is 14.3 Å². The molecule has 1 aliphatic heterocycles. The van der Waals surface area contributed by atoms with Crippen LogP contribution in [0.4, 0.5) is 0 Å². The molecule has 1 aromatic heterocycles. The number of carbonyl (C=O) groups excluding carboxylic acids is 1. The summed E-state index contributed by atoms with van der Waals surface area (Å²) < 4.78 is 12.2. The normalized spacial score (nSPS) is 15.1. The summed E-state index contributed by atoms with van der Waals surface area (Å²) in [6, 6.07) is 10.2. The van der Waals surface area contributed by atoms with Gasteiger partial charge in [-0.3, -0.25) is 9.69 Å². The first kappa shape index (κ1) is 19.9. The second kappa shape index (κ2) is 9.92. The molecule has 0 spiro atoms. The van der Waals surface area contributed by atoms with E-state index in [1.807, 2.05) is 24.3 Å². The van der Waals surface area contributed by atoms with Crippen LogP contribution in [0.2, 0.25) is 0 Å². The van der Waals surface area contributed by atoms with Gasteiger partial charge in [-0.1, -0.05) is 12.1 Å². The number of aromatic amines is 1. The smallest absolute Gasteiger partial charge is 0.267 e. The van der Waals surface area contributed by atoms with Crippen LogP contribution in [-0.2, 0) is 11.3 Å². The fourth-order valence-corrected chi connectivity index (χ4v) is 3.48. The molecule has 27 heavy (non-hydrogen) atoms. The zero-order chi connectivity index (χ0) is 19.1. The van der Waals surface area contributed by atoms with Gasteiger partial charge in [0.25, 0.3) is 5.91 Å². The van der Waals surface area contributed by atoms with E-state index >= 15 is 0 Å². The Balaban J connectivity index is 1.43. The lowest BCUT2D eigenvalue weighted by Crippen LogP contribution is -2.38. The third kappa shape index (κ3) is 6.09. The van der Waals surface area contributed by atoms with Crippen molar-refractivity contribution in [1.82, 2.24) is 15.2 Å². The van der Waals surface area contributed by atoms with E-state index in [-0.39, 0.29) is 5.91 Å². The average molecular weight is 436 g/mol. The number of nitrogens with one attached hydrogen (secondary N) is 2. The van der Waals surface area contributed by atoms with E-state index in [2.05, 4.69) is 38.2 Å². The molecule has 0 saturated carbocycles. The molecule has 146 valence electrons. The maximum absolute atomic E-state index is 12.1. The molecule has 1 aromatic carbocycles. The Kier molecular flexibility index (Phi) is 7.32. The molecule has 0 atom stereocenters. The maximum atomic E-state index is 12.1. The van der Waals surface area contributed by atoms with Crippen molar-refractivity contribution in [2.45, 2.75) is 25.4 Å². The number of benzene rings is 1. The predicted octanol–water partition coefficient (Wildman–Crippen LogP) is 3.20. The van der Waals surface area contributed by atoms with Gasteiger partial charge in [0.15, 0.2) is 0 Å². The molecule has 2 aromatic rings. The monoisotopic (exact) mass is 435 g/mol. The lowest BCUT2D eigenvalue weighted by atomic mass is 10.1. The van der Waals surface area contributed by atoms with Crippen LogP contribution in [0.25, 0.3) is 0 Å². The fraction of sp³-hybridized carbons (Fsp3) is 0.450. The van der Waals surface area contributed by atoms with Crippen LogP contribution in [0.5, 0.6) is 5.75 Å². The highest BCUT2D eigenvalue weighted by Gasteiger charge is 2.18. The zero-order valence-electron chi connectivity index (χ0n) is 15.5. The molecule has 0 aliphatic carbocycles. The molecule has 0 unspecified atom stereocenters. The average Bonchev–Trinajstić information content (AvgIpc) is 3.13. The summed E-state index contributed by atoms with van der Waals surface area (Å²) in [5.41, 5.74) is 1.54. The van der Waals surface area contributed by atoms with Crippen molar-refractivity contribution in [3.05, 3.63) is 52.3 Å². The largest absolute Gasteiger partial charge is 0.492 e. The highest BCUT2D eigenvalue weighted by molar-refractivity contribution is 9.10. The van der Waals surface area contributed by atoms with Gasteiger partial charge in [-0.15, -0.1) is 0 Å². The van der Waals surface area contributed by atoms with Crippen LogP contribution in [0, 0.1) is 0 Å². The molecular weight excluding hydrogens is 410 g/mol. The van der Waals surface area contributed by atoms with Crippen LogP contribution in [0.1, 0.15) is 28.9 Å². The van der Waals surface area contributed by atoms with Crippen molar-refractivity contribution in [2.75, 3.05) is 33.4 Å². The second-order valence-corrected chi connectivity index (χ2v) is 7.65. The third-order valence-corrected chi connectivity index (χ3v) is 5.23. The van der Waals surface area contributed by atoms with Crippen LogP contribution >= 0.6 is 15.9 Å². The molecule has 7 heteroatoms. The molecule has 1 amide bonds. The minimum atomic E-state index is -0.134. The van der Waals surface area contributed by atoms with Gasteiger partial charge in [-0.2, -0.15) is 0 Å². The van der Waals surface area contributed by atoms with Crippen molar-refractivity contribution >= 4 is 21.8 Å². The first-order valence-corrected chi connectivity index (χ1v) is 10.0. The van der Waals surface area contributed by atoms with Crippen LogP contribution < -0.4 is 10.1 Å². The Morgan fingerprint density at radius 3 is 2.93 bits per heavy atom. The molecule has 1 saturated heterocycles. The SMILES string of the molecule is CN(CCOc1cccc(CNC(=O)c2cc(Br)c[nH]2)c1)C1CCOCC1. The van der Waals surface area contributed by atoms with Crippen LogP contribution in [-0.4, -0.2) is 55.2 Å². The van der Waals surface area contributed by atoms with Crippen molar-refractivity contribution in [3.63, 3.8) is 0 Å². The third-order valence-electron chi connectivity index (χ3n) is 4.77. The topological polar surface area (TPSA) is 66.6 Å². The van der Waals surface area contributed by atoms with Gasteiger partial charge in [0.2, 0.25) is 0 Å². The Hall–Kier alpha value is -1.83. The van der Waals surface area contributed by atoms with Gasteiger partial charge < -0.3 is 19.8 Å². The first-order chi connectivity index (χ1) is 13.1. The summed E-state index contributed by atoms with van der Waals surface area (Å²) in [4.78, 5) is 17.4. The summed E-state index contributed by atoms with van der Waals surface area (Å²) in [6.07, 6.45) is 3.91. The Morgan fingerprint density at radius 1 is 1.37 bits per heavy atom. The van der Waals surface area contributed by atoms with E-state index in [0.29, 0.717) is 24.9 Å². The standard InChI is InChI=1S/C20H26BrN3O3/c1-24(17-5-8-26-9-6-17)7-10-27-18-4-2-3-15(11-18)13-23-20(25)19-12-16(21)14-22-19/h2-4,11-12,14,17,22H,5-10,13H2,1H3,(H,23,25). The molecule has 6 nitrogen and oxygen atoms in total. The van der Waals surface area contributed by atoms with Gasteiger partial charge in [-0.25, -0.2) is 0 Å². The van der Waals surface area contributed by atoms with Gasteiger partial charge in [0, 0.05) is 43.0 Å². The number of hydrogen-bond acceptors (Lipinski definition) is 4. The van der Waals surface area contributed by atoms with E-state index < -0.39 is 0 Å². The molecule has 2 heterocycles. The number of likely N-dealkylation sites (N-methyl/N-ethyl adjacent to an activating group) is 1. The number of amides is 1. The summed E-state index contributed by atoms with van der Waals surface area (Å²) in [5, 5.41) is 2.91. The number of carbonyl (C=O) groups is 1. The summed E-state index contributed by atoms with van der Waals surface area (Å²) >= 11 is 3.33. The minimum Gasteiger partial charge on any atom is -0.492 e. The molecule has 2 N–H and O–H groups in total. The fourth-order valence-electron chi connectivity index (χ4n) is 3.14. The lowest BCUT2D eigenvalue weighted by Gasteiger charge is -2.31. The molecule has 3 rings (SSSR count). The van der Waals surface area contributed by atoms with Gasteiger partial charge >= 0.3 is 0 Å². The second-order valence-electron chi connectivity index (χ2n) is 6.73. The number of H-pyrrole nitrogens is 1. The maximum Gasteiger partial charge on any atom is 0.267 e. The highest BCUT2D eigenvalue weighted by atomic mass is 79.9. The van der Waals surface area contributed by atoms with E-state index in [1.165, 1.54) is 0 Å². The van der Waals surface area contributed by atoms with Crippen molar-refractivity contribution in [3.8, 4) is 5.75 Å². The molecule has 1 aliphatic rings. The minimum absolute atomic E-state index is 0.134. The van der Waals surface area contributed by atoms with E-state index in [0.717, 1.165) is 48.4 Å². The van der Waals surface area contributed by atoms with Gasteiger partial charge in [-0.05, 0) is 59.6 Å². The van der Waals surface area contributed by atoms with Crippen LogP contribution in [0.3, 0.4) is 0 Å². The quantitative estimate of drug-likeness (QED) is 0.667.